The van der Waals surface area contributed by atoms with Crippen molar-refractivity contribution in [1.29, 1.82) is 0 Å². The van der Waals surface area contributed by atoms with Crippen LogP contribution in [0, 0.1) is 12.7 Å². The minimum atomic E-state index is -3.67. The number of nitrogens with zero attached hydrogens (tertiary/aromatic N) is 1. The lowest BCUT2D eigenvalue weighted by molar-refractivity contribution is 0.459. The van der Waals surface area contributed by atoms with Crippen LogP contribution in [0.3, 0.4) is 0 Å². The minimum Gasteiger partial charge on any atom is -0.396 e. The molecule has 0 radical (unpaired) electrons. The smallest absolute Gasteiger partial charge is 0.243 e. The van der Waals surface area contributed by atoms with Crippen LogP contribution >= 0.6 is 0 Å². The second-order valence-corrected chi connectivity index (χ2v) is 5.79. The summed E-state index contributed by atoms with van der Waals surface area (Å²) in [6, 6.07) is 2.29. The van der Waals surface area contributed by atoms with E-state index in [1.807, 2.05) is 0 Å². The maximum absolute atomic E-state index is 13.2. The Labute approximate surface area is 107 Å². The number of hydrogen-bond acceptors (Lipinski definition) is 3. The van der Waals surface area contributed by atoms with Gasteiger partial charge in [0.05, 0.1) is 10.6 Å². The topological polar surface area (TPSA) is 63.4 Å². The number of nitrogen functional groups attached to an aromatic ring is 1. The predicted octanol–water partition coefficient (Wildman–Crippen LogP) is 1.91. The molecular formula is C12H17FN2O2S. The SMILES string of the molecule is C=CCN(CC)S(=O)(=O)c1cc(N)c(F)cc1C. The molecule has 0 saturated carbocycles. The van der Waals surface area contributed by atoms with E-state index in [9.17, 15) is 12.8 Å². The third kappa shape index (κ3) is 2.70. The molecule has 6 heteroatoms. The number of halogens is 1. The standard InChI is InChI=1S/C12H17FN2O2S/c1-4-6-15(5-2)18(16,17)12-8-11(14)10(13)7-9(12)3/h4,7-8H,1,5-6,14H2,2-3H3. The zero-order valence-electron chi connectivity index (χ0n) is 10.5. The van der Waals surface area contributed by atoms with E-state index in [-0.39, 0.29) is 17.1 Å². The van der Waals surface area contributed by atoms with E-state index in [1.54, 1.807) is 6.92 Å². The molecule has 0 aliphatic carbocycles. The van der Waals surface area contributed by atoms with Crippen LogP contribution in [-0.4, -0.2) is 25.8 Å². The van der Waals surface area contributed by atoms with Crippen LogP contribution < -0.4 is 5.73 Å². The van der Waals surface area contributed by atoms with E-state index < -0.39 is 15.8 Å². The largest absolute Gasteiger partial charge is 0.396 e. The van der Waals surface area contributed by atoms with Crippen LogP contribution in [-0.2, 0) is 10.0 Å². The highest BCUT2D eigenvalue weighted by molar-refractivity contribution is 7.89. The van der Waals surface area contributed by atoms with E-state index in [2.05, 4.69) is 6.58 Å². The molecule has 0 heterocycles. The molecule has 0 aliphatic rings. The Morgan fingerprint density at radius 2 is 2.11 bits per heavy atom. The zero-order valence-corrected chi connectivity index (χ0v) is 11.3. The summed E-state index contributed by atoms with van der Waals surface area (Å²) in [5.74, 6) is -0.613. The fourth-order valence-electron chi connectivity index (χ4n) is 1.63. The lowest BCUT2D eigenvalue weighted by Gasteiger charge is -2.20. The van der Waals surface area contributed by atoms with Crippen molar-refractivity contribution < 1.29 is 12.8 Å². The number of likely N-dealkylation sites (N-methyl/N-ethyl adjacent to an activating group) is 1. The third-order valence-electron chi connectivity index (χ3n) is 2.60. The number of hydrogen-bond donors (Lipinski definition) is 1. The van der Waals surface area contributed by atoms with Gasteiger partial charge in [-0.2, -0.15) is 4.31 Å². The van der Waals surface area contributed by atoms with E-state index in [4.69, 9.17) is 5.73 Å². The van der Waals surface area contributed by atoms with Crippen LogP contribution in [0.15, 0.2) is 29.7 Å². The fraction of sp³-hybridized carbons (Fsp3) is 0.333. The summed E-state index contributed by atoms with van der Waals surface area (Å²) in [6.45, 7) is 7.30. The Bertz CT molecular complexity index is 555. The third-order valence-corrected chi connectivity index (χ3v) is 4.68. The molecule has 0 bridgehead atoms. The molecule has 0 aromatic heterocycles. The maximum Gasteiger partial charge on any atom is 0.243 e. The molecule has 4 nitrogen and oxygen atoms in total. The van der Waals surface area contributed by atoms with Crippen molar-refractivity contribution >= 4 is 15.7 Å². The van der Waals surface area contributed by atoms with Gasteiger partial charge in [-0.15, -0.1) is 6.58 Å². The minimum absolute atomic E-state index is 0.0325. The first-order valence-electron chi connectivity index (χ1n) is 5.51. The van der Waals surface area contributed by atoms with Gasteiger partial charge in [-0.25, -0.2) is 12.8 Å². The van der Waals surface area contributed by atoms with Gasteiger partial charge in [-0.3, -0.25) is 0 Å². The Balaban J connectivity index is 3.36. The molecule has 2 N–H and O–H groups in total. The highest BCUT2D eigenvalue weighted by Crippen LogP contribution is 2.24. The van der Waals surface area contributed by atoms with Gasteiger partial charge in [0.25, 0.3) is 0 Å². The van der Waals surface area contributed by atoms with E-state index in [0.717, 1.165) is 12.1 Å². The van der Waals surface area contributed by atoms with Crippen molar-refractivity contribution in [2.45, 2.75) is 18.7 Å². The summed E-state index contributed by atoms with van der Waals surface area (Å²) >= 11 is 0. The Morgan fingerprint density at radius 1 is 1.50 bits per heavy atom. The molecule has 0 saturated heterocycles. The molecule has 0 aliphatic heterocycles. The molecular weight excluding hydrogens is 255 g/mol. The highest BCUT2D eigenvalue weighted by Gasteiger charge is 2.24. The number of benzene rings is 1. The van der Waals surface area contributed by atoms with E-state index in [1.165, 1.54) is 17.3 Å². The summed E-state index contributed by atoms with van der Waals surface area (Å²) in [5, 5.41) is 0. The molecule has 0 atom stereocenters. The van der Waals surface area contributed by atoms with Crippen molar-refractivity contribution in [3.05, 3.63) is 36.2 Å². The average molecular weight is 272 g/mol. The van der Waals surface area contributed by atoms with Gasteiger partial charge in [-0.05, 0) is 24.6 Å². The number of aryl methyl sites for hydroxylation is 1. The lowest BCUT2D eigenvalue weighted by atomic mass is 10.2. The molecule has 0 amide bonds. The molecule has 0 fully saturated rings. The van der Waals surface area contributed by atoms with Gasteiger partial charge in [-0.1, -0.05) is 13.0 Å². The first-order chi connectivity index (χ1) is 8.34. The summed E-state index contributed by atoms with van der Waals surface area (Å²) in [4.78, 5) is 0.0325. The Morgan fingerprint density at radius 3 is 2.61 bits per heavy atom. The van der Waals surface area contributed by atoms with Crippen LogP contribution in [0.5, 0.6) is 0 Å². The van der Waals surface area contributed by atoms with E-state index in [0.29, 0.717) is 12.1 Å². The summed E-state index contributed by atoms with van der Waals surface area (Å²) in [7, 11) is -3.67. The van der Waals surface area contributed by atoms with Crippen LogP contribution in [0.2, 0.25) is 0 Å². The second-order valence-electron chi connectivity index (χ2n) is 3.88. The van der Waals surface area contributed by atoms with Gasteiger partial charge >= 0.3 is 0 Å². The van der Waals surface area contributed by atoms with Crippen molar-refractivity contribution in [3.63, 3.8) is 0 Å². The first-order valence-corrected chi connectivity index (χ1v) is 6.95. The molecule has 0 spiro atoms. The number of rotatable bonds is 5. The second kappa shape index (κ2) is 5.49. The van der Waals surface area contributed by atoms with Crippen molar-refractivity contribution in [3.8, 4) is 0 Å². The Hall–Kier alpha value is -1.40. The molecule has 0 unspecified atom stereocenters. The summed E-state index contributed by atoms with van der Waals surface area (Å²) in [6.07, 6.45) is 1.50. The van der Waals surface area contributed by atoms with Crippen LogP contribution in [0.4, 0.5) is 10.1 Å². The quantitative estimate of drug-likeness (QED) is 0.658. The fourth-order valence-corrected chi connectivity index (χ4v) is 3.29. The van der Waals surface area contributed by atoms with E-state index >= 15 is 0 Å². The average Bonchev–Trinajstić information content (AvgIpc) is 2.30. The number of anilines is 1. The van der Waals surface area contributed by atoms with Crippen LogP contribution in [0.25, 0.3) is 0 Å². The van der Waals surface area contributed by atoms with Crippen molar-refractivity contribution in [2.24, 2.45) is 0 Å². The molecule has 1 aromatic rings. The van der Waals surface area contributed by atoms with Gasteiger partial charge in [0.2, 0.25) is 10.0 Å². The van der Waals surface area contributed by atoms with Crippen molar-refractivity contribution in [1.82, 2.24) is 4.31 Å². The molecule has 1 aromatic carbocycles. The van der Waals surface area contributed by atoms with Gasteiger partial charge in [0, 0.05) is 13.1 Å². The molecule has 100 valence electrons. The lowest BCUT2D eigenvalue weighted by Crippen LogP contribution is -2.31. The maximum atomic E-state index is 13.2. The summed E-state index contributed by atoms with van der Waals surface area (Å²) in [5.41, 5.74) is 5.59. The monoisotopic (exact) mass is 272 g/mol. The normalized spacial score (nSPS) is 11.8. The molecule has 18 heavy (non-hydrogen) atoms. The summed E-state index contributed by atoms with van der Waals surface area (Å²) < 4.78 is 39.2. The highest BCUT2D eigenvalue weighted by atomic mass is 32.2. The van der Waals surface area contributed by atoms with Crippen molar-refractivity contribution in [2.75, 3.05) is 18.8 Å². The number of sulfonamides is 1. The van der Waals surface area contributed by atoms with Gasteiger partial charge in [0.1, 0.15) is 5.82 Å². The predicted molar refractivity (Wildman–Crippen MR) is 70.2 cm³/mol. The van der Waals surface area contributed by atoms with Gasteiger partial charge in [0.15, 0.2) is 0 Å². The van der Waals surface area contributed by atoms with Crippen LogP contribution in [0.1, 0.15) is 12.5 Å². The molecule has 1 rings (SSSR count). The van der Waals surface area contributed by atoms with Gasteiger partial charge < -0.3 is 5.73 Å². The zero-order chi connectivity index (χ0) is 13.9. The Kier molecular flexibility index (Phi) is 4.48. The number of nitrogens with two attached hydrogens (primary N) is 1. The first kappa shape index (κ1) is 14.7.